The topological polar surface area (TPSA) is 71.3 Å². The molecule has 1 amide bonds. The molecule has 0 spiro atoms. The zero-order valence-electron chi connectivity index (χ0n) is 18.5. The Morgan fingerprint density at radius 1 is 1.06 bits per heavy atom. The molecule has 33 heavy (non-hydrogen) atoms. The summed E-state index contributed by atoms with van der Waals surface area (Å²) in [5.74, 6) is 0.167. The maximum atomic E-state index is 13.4. The van der Waals surface area contributed by atoms with E-state index in [4.69, 9.17) is 9.47 Å². The van der Waals surface area contributed by atoms with Gasteiger partial charge in [-0.25, -0.2) is 4.39 Å². The van der Waals surface area contributed by atoms with Crippen molar-refractivity contribution in [3.05, 3.63) is 101 Å². The Balaban J connectivity index is 1.75. The third kappa shape index (κ3) is 6.68. The highest BCUT2D eigenvalue weighted by molar-refractivity contribution is 6.01. The number of ether oxygens (including phenoxy) is 2. The zero-order valence-corrected chi connectivity index (χ0v) is 18.5. The molecule has 0 fully saturated rings. The lowest BCUT2D eigenvalue weighted by molar-refractivity contribution is -0.117. The summed E-state index contributed by atoms with van der Waals surface area (Å²) in [5, 5.41) is 12.4. The zero-order chi connectivity index (χ0) is 23.6. The summed E-state index contributed by atoms with van der Waals surface area (Å²) < 4.78 is 24.9. The van der Waals surface area contributed by atoms with Crippen molar-refractivity contribution in [2.24, 2.45) is 0 Å². The fraction of sp³-hybridized carbons (Fsp3) is 0.185. The van der Waals surface area contributed by atoms with Crippen LogP contribution in [0.3, 0.4) is 0 Å². The van der Waals surface area contributed by atoms with Crippen molar-refractivity contribution in [2.75, 3.05) is 6.61 Å². The first-order chi connectivity index (χ1) is 16.0. The molecule has 0 aliphatic carbocycles. The fourth-order valence-electron chi connectivity index (χ4n) is 3.20. The Bertz CT molecular complexity index is 1170. The van der Waals surface area contributed by atoms with Gasteiger partial charge in [0.05, 0.1) is 12.6 Å². The quantitative estimate of drug-likeness (QED) is 0.345. The van der Waals surface area contributed by atoms with Crippen LogP contribution in [0, 0.1) is 17.1 Å². The Morgan fingerprint density at radius 3 is 2.55 bits per heavy atom. The molecule has 6 heteroatoms. The van der Waals surface area contributed by atoms with Crippen molar-refractivity contribution in [1.82, 2.24) is 5.32 Å². The molecule has 1 N–H and O–H groups in total. The first kappa shape index (κ1) is 23.6. The maximum Gasteiger partial charge on any atom is 0.262 e. The average molecular weight is 445 g/mol. The van der Waals surface area contributed by atoms with Gasteiger partial charge < -0.3 is 14.8 Å². The predicted octanol–water partition coefficient (Wildman–Crippen LogP) is 5.59. The third-order valence-corrected chi connectivity index (χ3v) is 4.87. The van der Waals surface area contributed by atoms with E-state index < -0.39 is 5.91 Å². The van der Waals surface area contributed by atoms with Crippen molar-refractivity contribution < 1.29 is 18.7 Å². The van der Waals surface area contributed by atoms with Crippen LogP contribution in [0.2, 0.25) is 0 Å². The van der Waals surface area contributed by atoms with Gasteiger partial charge in [-0.2, -0.15) is 5.26 Å². The molecule has 1 atom stereocenters. The van der Waals surface area contributed by atoms with Crippen LogP contribution < -0.4 is 14.8 Å². The number of hydrogen-bond donors (Lipinski definition) is 1. The number of amides is 1. The molecule has 0 unspecified atom stereocenters. The molecular formula is C27H25FN2O3. The van der Waals surface area contributed by atoms with Crippen molar-refractivity contribution in [2.45, 2.75) is 26.5 Å². The van der Waals surface area contributed by atoms with Crippen LogP contribution in [0.25, 0.3) is 6.08 Å². The number of nitriles is 1. The van der Waals surface area contributed by atoms with Crippen LogP contribution in [-0.2, 0) is 11.4 Å². The summed E-state index contributed by atoms with van der Waals surface area (Å²) >= 11 is 0. The smallest absolute Gasteiger partial charge is 0.262 e. The molecule has 3 rings (SSSR count). The molecule has 5 nitrogen and oxygen atoms in total. The molecule has 0 saturated heterocycles. The average Bonchev–Trinajstić information content (AvgIpc) is 2.82. The molecule has 168 valence electrons. The van der Waals surface area contributed by atoms with Gasteiger partial charge in [-0.1, -0.05) is 48.5 Å². The SMILES string of the molecule is CCOc1cc(/C=C(\C#N)C(=O)N[C@@H](C)c2ccccc2)ccc1OCc1cccc(F)c1. The number of nitrogens with one attached hydrogen (secondary N) is 1. The van der Waals surface area contributed by atoms with Gasteiger partial charge in [0.2, 0.25) is 0 Å². The molecule has 0 aromatic heterocycles. The van der Waals surface area contributed by atoms with E-state index in [0.29, 0.717) is 29.2 Å². The fourth-order valence-corrected chi connectivity index (χ4v) is 3.20. The van der Waals surface area contributed by atoms with E-state index in [0.717, 1.165) is 5.56 Å². The van der Waals surface area contributed by atoms with E-state index in [9.17, 15) is 14.4 Å². The van der Waals surface area contributed by atoms with Crippen LogP contribution in [0.5, 0.6) is 11.5 Å². The summed E-state index contributed by atoms with van der Waals surface area (Å²) in [4.78, 5) is 12.6. The molecule has 0 aliphatic rings. The van der Waals surface area contributed by atoms with Crippen LogP contribution in [0.1, 0.15) is 36.6 Å². The highest BCUT2D eigenvalue weighted by atomic mass is 19.1. The Labute approximate surface area is 193 Å². The number of carbonyl (C=O) groups excluding carboxylic acids is 1. The normalized spacial score (nSPS) is 11.9. The number of rotatable bonds is 9. The van der Waals surface area contributed by atoms with Crippen LogP contribution in [-0.4, -0.2) is 12.5 Å². The first-order valence-corrected chi connectivity index (χ1v) is 10.6. The van der Waals surface area contributed by atoms with E-state index in [1.807, 2.05) is 50.2 Å². The van der Waals surface area contributed by atoms with Gasteiger partial charge in [0.25, 0.3) is 5.91 Å². The minimum absolute atomic E-state index is 0.0198. The Kier molecular flexibility index (Phi) is 8.20. The van der Waals surface area contributed by atoms with Crippen molar-refractivity contribution in [3.8, 4) is 17.6 Å². The van der Waals surface area contributed by atoms with Gasteiger partial charge in [0, 0.05) is 0 Å². The monoisotopic (exact) mass is 444 g/mol. The van der Waals surface area contributed by atoms with E-state index in [2.05, 4.69) is 5.32 Å². The predicted molar refractivity (Wildman–Crippen MR) is 125 cm³/mol. The van der Waals surface area contributed by atoms with Crippen LogP contribution in [0.15, 0.2) is 78.4 Å². The summed E-state index contributed by atoms with van der Waals surface area (Å²) in [5.41, 5.74) is 2.24. The van der Waals surface area contributed by atoms with E-state index >= 15 is 0 Å². The third-order valence-electron chi connectivity index (χ3n) is 4.87. The van der Waals surface area contributed by atoms with Crippen molar-refractivity contribution >= 4 is 12.0 Å². The lowest BCUT2D eigenvalue weighted by Gasteiger charge is -2.14. The number of benzene rings is 3. The van der Waals surface area contributed by atoms with E-state index in [1.54, 1.807) is 30.3 Å². The molecule has 0 bridgehead atoms. The van der Waals surface area contributed by atoms with E-state index in [1.165, 1.54) is 18.2 Å². The van der Waals surface area contributed by atoms with Gasteiger partial charge in [-0.3, -0.25) is 4.79 Å². The summed E-state index contributed by atoms with van der Waals surface area (Å²) in [6.07, 6.45) is 1.51. The molecule has 0 radical (unpaired) electrons. The molecule has 0 saturated carbocycles. The second-order valence-corrected chi connectivity index (χ2v) is 7.33. The minimum atomic E-state index is -0.460. The first-order valence-electron chi connectivity index (χ1n) is 10.6. The lowest BCUT2D eigenvalue weighted by Crippen LogP contribution is -2.27. The standard InChI is InChI=1S/C27H25FN2O3/c1-3-32-26-16-20(12-13-25(26)33-18-21-8-7-11-24(28)15-21)14-23(17-29)27(31)30-19(2)22-9-5-4-6-10-22/h4-16,19H,3,18H2,1-2H3,(H,30,31)/b23-14+/t19-/m0/s1. The summed E-state index contributed by atoms with van der Waals surface area (Å²) in [6, 6.07) is 22.6. The lowest BCUT2D eigenvalue weighted by atomic mass is 10.1. The van der Waals surface area contributed by atoms with Gasteiger partial charge in [-0.05, 0) is 60.9 Å². The second kappa shape index (κ2) is 11.5. The number of halogens is 1. The summed E-state index contributed by atoms with van der Waals surface area (Å²) in [7, 11) is 0. The van der Waals surface area contributed by atoms with Crippen molar-refractivity contribution in [1.29, 1.82) is 5.26 Å². The highest BCUT2D eigenvalue weighted by Gasteiger charge is 2.14. The molecule has 0 aliphatic heterocycles. The van der Waals surface area contributed by atoms with Crippen molar-refractivity contribution in [3.63, 3.8) is 0 Å². The molecule has 3 aromatic rings. The Hall–Kier alpha value is -4.11. The number of nitrogens with zero attached hydrogens (tertiary/aromatic N) is 1. The molecular weight excluding hydrogens is 419 g/mol. The Morgan fingerprint density at radius 2 is 1.85 bits per heavy atom. The maximum absolute atomic E-state index is 13.4. The van der Waals surface area contributed by atoms with Gasteiger partial charge in [0.15, 0.2) is 11.5 Å². The van der Waals surface area contributed by atoms with Gasteiger partial charge in [0.1, 0.15) is 24.1 Å². The van der Waals surface area contributed by atoms with Crippen LogP contribution >= 0.6 is 0 Å². The number of carbonyl (C=O) groups is 1. The molecule has 0 heterocycles. The molecule has 3 aromatic carbocycles. The van der Waals surface area contributed by atoms with Gasteiger partial charge in [-0.15, -0.1) is 0 Å². The minimum Gasteiger partial charge on any atom is -0.490 e. The van der Waals surface area contributed by atoms with E-state index in [-0.39, 0.29) is 24.0 Å². The van der Waals surface area contributed by atoms with Crippen LogP contribution in [0.4, 0.5) is 4.39 Å². The largest absolute Gasteiger partial charge is 0.490 e. The highest BCUT2D eigenvalue weighted by Crippen LogP contribution is 2.30. The summed E-state index contributed by atoms with van der Waals surface area (Å²) in [6.45, 7) is 4.29. The second-order valence-electron chi connectivity index (χ2n) is 7.33. The van der Waals surface area contributed by atoms with Gasteiger partial charge >= 0.3 is 0 Å². The number of hydrogen-bond acceptors (Lipinski definition) is 4.